The second kappa shape index (κ2) is 5.48. The average Bonchev–Trinajstić information content (AvgIpc) is 1.98. The van der Waals surface area contributed by atoms with Crippen molar-refractivity contribution in [3.63, 3.8) is 0 Å². The molecule has 0 aromatic carbocycles. The highest BCUT2D eigenvalue weighted by Crippen LogP contribution is 2.24. The van der Waals surface area contributed by atoms with Gasteiger partial charge < -0.3 is 4.74 Å². The van der Waals surface area contributed by atoms with Crippen LogP contribution in [0, 0.1) is 0 Å². The average molecular weight is 264 g/mol. The van der Waals surface area contributed by atoms with Crippen molar-refractivity contribution >= 4 is 16.1 Å². The van der Waals surface area contributed by atoms with Crippen LogP contribution in [-0.4, -0.2) is 37.0 Å². The van der Waals surface area contributed by atoms with Crippen LogP contribution in [0.3, 0.4) is 0 Å². The largest absolute Gasteiger partial charge is 0.451 e. The third kappa shape index (κ3) is 6.62. The van der Waals surface area contributed by atoms with Gasteiger partial charge >= 0.3 is 12.1 Å². The lowest BCUT2D eigenvalue weighted by Gasteiger charge is -2.19. The smallest absolute Gasteiger partial charge is 0.426 e. The summed E-state index contributed by atoms with van der Waals surface area (Å²) in [7, 11) is -4.86. The van der Waals surface area contributed by atoms with Gasteiger partial charge in [-0.25, -0.2) is 0 Å². The fraction of sp³-hybridized carbons (Fsp3) is 0.857. The van der Waals surface area contributed by atoms with Crippen molar-refractivity contribution in [2.45, 2.75) is 32.0 Å². The first-order chi connectivity index (χ1) is 7.06. The first-order valence-corrected chi connectivity index (χ1v) is 5.88. The summed E-state index contributed by atoms with van der Waals surface area (Å²) < 4.78 is 69.4. The quantitative estimate of drug-likeness (QED) is 0.595. The molecule has 0 radical (unpaired) electrons. The molecule has 1 N–H and O–H groups in total. The van der Waals surface area contributed by atoms with Gasteiger partial charge in [-0.3, -0.25) is 9.35 Å². The lowest BCUT2D eigenvalue weighted by molar-refractivity contribution is -0.215. The summed E-state index contributed by atoms with van der Waals surface area (Å²) in [6.07, 6.45) is -7.84. The molecule has 0 saturated carbocycles. The zero-order valence-electron chi connectivity index (χ0n) is 8.32. The molecule has 5 nitrogen and oxygen atoms in total. The SMILES string of the molecule is CCCC(=O)OC(CS(=O)(=O)O)C(F)(F)F. The van der Waals surface area contributed by atoms with Gasteiger partial charge in [-0.05, 0) is 6.42 Å². The van der Waals surface area contributed by atoms with Gasteiger partial charge in [-0.1, -0.05) is 6.92 Å². The highest BCUT2D eigenvalue weighted by molar-refractivity contribution is 7.85. The zero-order valence-corrected chi connectivity index (χ0v) is 9.14. The van der Waals surface area contributed by atoms with E-state index in [0.717, 1.165) is 0 Å². The summed E-state index contributed by atoms with van der Waals surface area (Å²) in [4.78, 5) is 10.8. The standard InChI is InChI=1S/C7H11F3O5S/c1-2-3-6(11)15-5(7(8,9)10)4-16(12,13)14/h5H,2-4H2,1H3,(H,12,13,14). The number of hydrogen-bond donors (Lipinski definition) is 1. The van der Waals surface area contributed by atoms with Gasteiger partial charge in [0.05, 0.1) is 0 Å². The molecular weight excluding hydrogens is 253 g/mol. The predicted octanol–water partition coefficient (Wildman–Crippen LogP) is 1.15. The number of carbonyl (C=O) groups excluding carboxylic acids is 1. The van der Waals surface area contributed by atoms with Crippen LogP contribution in [0.1, 0.15) is 19.8 Å². The maximum Gasteiger partial charge on any atom is 0.426 e. The van der Waals surface area contributed by atoms with Gasteiger partial charge in [0.1, 0.15) is 5.75 Å². The fourth-order valence-corrected chi connectivity index (χ4v) is 1.45. The molecule has 0 aliphatic heterocycles. The number of carbonyl (C=O) groups is 1. The van der Waals surface area contributed by atoms with Crippen LogP contribution in [0.2, 0.25) is 0 Å². The molecule has 0 aromatic rings. The Labute approximate surface area is 90.3 Å². The maximum atomic E-state index is 12.2. The summed E-state index contributed by atoms with van der Waals surface area (Å²) in [5.74, 6) is -2.85. The van der Waals surface area contributed by atoms with Gasteiger partial charge in [0.25, 0.3) is 10.1 Å². The third-order valence-electron chi connectivity index (χ3n) is 1.45. The minimum Gasteiger partial charge on any atom is -0.451 e. The Morgan fingerprint density at radius 3 is 2.25 bits per heavy atom. The maximum absolute atomic E-state index is 12.2. The van der Waals surface area contributed by atoms with E-state index in [9.17, 15) is 26.4 Å². The van der Waals surface area contributed by atoms with Gasteiger partial charge in [-0.15, -0.1) is 0 Å². The zero-order chi connectivity index (χ0) is 13.0. The van der Waals surface area contributed by atoms with Crippen LogP contribution in [-0.2, 0) is 19.6 Å². The van der Waals surface area contributed by atoms with Crippen LogP contribution < -0.4 is 0 Å². The molecule has 0 saturated heterocycles. The molecule has 0 rings (SSSR count). The fourth-order valence-electron chi connectivity index (χ4n) is 0.808. The van der Waals surface area contributed by atoms with Gasteiger partial charge in [0.15, 0.2) is 0 Å². The van der Waals surface area contributed by atoms with E-state index < -0.39 is 34.1 Å². The minimum atomic E-state index is -5.03. The van der Waals surface area contributed by atoms with E-state index in [4.69, 9.17) is 4.55 Å². The van der Waals surface area contributed by atoms with Gasteiger partial charge in [0.2, 0.25) is 6.10 Å². The Bertz CT molecular complexity index is 334. The monoisotopic (exact) mass is 264 g/mol. The highest BCUT2D eigenvalue weighted by Gasteiger charge is 2.45. The Morgan fingerprint density at radius 2 is 1.94 bits per heavy atom. The summed E-state index contributed by atoms with van der Waals surface area (Å²) in [6, 6.07) is 0. The number of rotatable bonds is 5. The van der Waals surface area contributed by atoms with E-state index in [2.05, 4.69) is 4.74 Å². The lowest BCUT2D eigenvalue weighted by Crippen LogP contribution is -2.39. The predicted molar refractivity (Wildman–Crippen MR) is 47.3 cm³/mol. The summed E-state index contributed by atoms with van der Waals surface area (Å²) in [6.45, 7) is 1.55. The van der Waals surface area contributed by atoms with Crippen molar-refractivity contribution in [2.75, 3.05) is 5.75 Å². The molecule has 0 fully saturated rings. The summed E-state index contributed by atoms with van der Waals surface area (Å²) in [5, 5.41) is 0. The Morgan fingerprint density at radius 1 is 1.44 bits per heavy atom. The molecule has 9 heteroatoms. The van der Waals surface area contributed by atoms with Crippen molar-refractivity contribution in [2.24, 2.45) is 0 Å². The van der Waals surface area contributed by atoms with E-state index in [1.165, 1.54) is 0 Å². The topological polar surface area (TPSA) is 80.7 Å². The van der Waals surface area contributed by atoms with Crippen molar-refractivity contribution in [1.29, 1.82) is 0 Å². The Balaban J connectivity index is 4.65. The molecule has 96 valence electrons. The molecule has 0 spiro atoms. The van der Waals surface area contributed by atoms with Gasteiger partial charge in [-0.2, -0.15) is 21.6 Å². The van der Waals surface area contributed by atoms with Crippen LogP contribution in [0.4, 0.5) is 13.2 Å². The second-order valence-corrected chi connectivity index (χ2v) is 4.52. The van der Waals surface area contributed by atoms with Crippen molar-refractivity contribution in [3.05, 3.63) is 0 Å². The van der Waals surface area contributed by atoms with Crippen LogP contribution in [0.25, 0.3) is 0 Å². The normalized spacial score (nSPS) is 14.6. The third-order valence-corrected chi connectivity index (χ3v) is 2.18. The minimum absolute atomic E-state index is 0.252. The Hall–Kier alpha value is -0.830. The van der Waals surface area contributed by atoms with Crippen molar-refractivity contribution in [1.82, 2.24) is 0 Å². The molecule has 0 bridgehead atoms. The molecule has 0 aliphatic carbocycles. The number of hydrogen-bond acceptors (Lipinski definition) is 4. The lowest BCUT2D eigenvalue weighted by atomic mass is 10.3. The number of ether oxygens (including phenoxy) is 1. The molecule has 0 aromatic heterocycles. The summed E-state index contributed by atoms with van der Waals surface area (Å²) in [5.41, 5.74) is 0. The van der Waals surface area contributed by atoms with Crippen LogP contribution >= 0.6 is 0 Å². The molecule has 16 heavy (non-hydrogen) atoms. The molecular formula is C7H11F3O5S. The number of alkyl halides is 3. The molecule has 0 heterocycles. The van der Waals surface area contributed by atoms with E-state index in [-0.39, 0.29) is 12.8 Å². The highest BCUT2D eigenvalue weighted by atomic mass is 32.2. The summed E-state index contributed by atoms with van der Waals surface area (Å²) >= 11 is 0. The molecule has 1 atom stereocenters. The Kier molecular flexibility index (Phi) is 5.20. The van der Waals surface area contributed by atoms with E-state index in [1.807, 2.05) is 0 Å². The van der Waals surface area contributed by atoms with Crippen molar-refractivity contribution in [3.8, 4) is 0 Å². The van der Waals surface area contributed by atoms with E-state index in [0.29, 0.717) is 0 Å². The first-order valence-electron chi connectivity index (χ1n) is 4.27. The van der Waals surface area contributed by atoms with E-state index in [1.54, 1.807) is 6.92 Å². The first kappa shape index (κ1) is 15.2. The van der Waals surface area contributed by atoms with E-state index >= 15 is 0 Å². The molecule has 1 unspecified atom stereocenters. The van der Waals surface area contributed by atoms with Crippen LogP contribution in [0.5, 0.6) is 0 Å². The molecule has 0 amide bonds. The van der Waals surface area contributed by atoms with Crippen molar-refractivity contribution < 1.29 is 35.7 Å². The van der Waals surface area contributed by atoms with Gasteiger partial charge in [0, 0.05) is 6.42 Å². The number of halogens is 3. The number of esters is 1. The van der Waals surface area contributed by atoms with Crippen LogP contribution in [0.15, 0.2) is 0 Å². The second-order valence-electron chi connectivity index (χ2n) is 3.02. The molecule has 0 aliphatic rings.